The molecule has 0 aromatic heterocycles. The van der Waals surface area contributed by atoms with Crippen molar-refractivity contribution in [2.45, 2.75) is 37.9 Å². The fraction of sp³-hybridized carbons (Fsp3) is 0.381. The van der Waals surface area contributed by atoms with Crippen LogP contribution < -0.4 is 9.47 Å². The van der Waals surface area contributed by atoms with Crippen molar-refractivity contribution in [1.82, 2.24) is 0 Å². The van der Waals surface area contributed by atoms with Crippen molar-refractivity contribution in [3.05, 3.63) is 52.1 Å². The van der Waals surface area contributed by atoms with E-state index in [4.69, 9.17) is 19.3 Å². The molecule has 0 radical (unpaired) electrons. The molecule has 0 heterocycles. The van der Waals surface area contributed by atoms with Gasteiger partial charge in [-0.15, -0.1) is 0 Å². The molecule has 8 nitrogen and oxygen atoms in total. The van der Waals surface area contributed by atoms with Crippen LogP contribution in [0.25, 0.3) is 11.1 Å². The fourth-order valence-electron chi connectivity index (χ4n) is 3.23. The molecular weight excluding hydrogens is 416 g/mol. The van der Waals surface area contributed by atoms with Gasteiger partial charge in [-0.05, 0) is 36.2 Å². The Bertz CT molecular complexity index is 953. The van der Waals surface area contributed by atoms with E-state index < -0.39 is 28.3 Å². The maximum absolute atomic E-state index is 14.5. The van der Waals surface area contributed by atoms with E-state index in [9.17, 15) is 23.7 Å². The van der Waals surface area contributed by atoms with Crippen molar-refractivity contribution in [2.24, 2.45) is 0 Å². The molecule has 0 unspecified atom stereocenters. The van der Waals surface area contributed by atoms with Gasteiger partial charge in [0.05, 0.1) is 23.2 Å². The van der Waals surface area contributed by atoms with E-state index in [2.05, 4.69) is 0 Å². The van der Waals surface area contributed by atoms with Gasteiger partial charge in [-0.3, -0.25) is 14.9 Å². The van der Waals surface area contributed by atoms with Crippen molar-refractivity contribution >= 4 is 11.7 Å². The Hall–Kier alpha value is -3.27. The zero-order chi connectivity index (χ0) is 22.5. The van der Waals surface area contributed by atoms with E-state index >= 15 is 0 Å². The van der Waals surface area contributed by atoms with Gasteiger partial charge in [0.25, 0.3) is 5.69 Å². The van der Waals surface area contributed by atoms with Crippen LogP contribution >= 0.6 is 0 Å². The maximum Gasteiger partial charge on any atom is 0.303 e. The van der Waals surface area contributed by atoms with E-state index in [-0.39, 0.29) is 48.5 Å². The minimum Gasteiger partial charge on any atom is -0.490 e. The number of ether oxygens (including phenoxy) is 3. The molecule has 1 fully saturated rings. The number of carboxylic acids is 1. The van der Waals surface area contributed by atoms with E-state index in [0.717, 1.165) is 12.1 Å². The number of carboxylic acid groups (broad SMARTS) is 1. The topological polar surface area (TPSA) is 108 Å². The fourth-order valence-corrected chi connectivity index (χ4v) is 3.23. The Morgan fingerprint density at radius 3 is 2.45 bits per heavy atom. The van der Waals surface area contributed by atoms with E-state index in [1.54, 1.807) is 7.11 Å². The highest BCUT2D eigenvalue weighted by atomic mass is 19.1. The van der Waals surface area contributed by atoms with Crippen molar-refractivity contribution in [3.8, 4) is 22.6 Å². The van der Waals surface area contributed by atoms with Gasteiger partial charge in [-0.1, -0.05) is 0 Å². The number of rotatable bonds is 10. The number of hydrogen-bond acceptors (Lipinski definition) is 6. The quantitative estimate of drug-likeness (QED) is 0.335. The molecule has 2 aromatic carbocycles. The average molecular weight is 437 g/mol. The summed E-state index contributed by atoms with van der Waals surface area (Å²) in [5, 5.41) is 20.0. The lowest BCUT2D eigenvalue weighted by atomic mass is 9.92. The molecular formula is C21H21F2NO7. The largest absolute Gasteiger partial charge is 0.490 e. The lowest BCUT2D eigenvalue weighted by Crippen LogP contribution is -2.38. The summed E-state index contributed by atoms with van der Waals surface area (Å²) in [6.07, 6.45) is 1.24. The molecule has 2 aromatic rings. The summed E-state index contributed by atoms with van der Waals surface area (Å²) in [5.74, 6) is -3.46. The summed E-state index contributed by atoms with van der Waals surface area (Å²) in [5.41, 5.74) is -0.376. The number of methoxy groups -OCH3 is 1. The molecule has 0 atom stereocenters. The van der Waals surface area contributed by atoms with Gasteiger partial charge in [0.2, 0.25) is 0 Å². The number of hydrogen-bond donors (Lipinski definition) is 1. The summed E-state index contributed by atoms with van der Waals surface area (Å²) in [7, 11) is 1.60. The Labute approximate surface area is 176 Å². The monoisotopic (exact) mass is 437 g/mol. The molecule has 1 aliphatic carbocycles. The van der Waals surface area contributed by atoms with Crippen LogP contribution in [0, 0.1) is 21.7 Å². The first-order valence-corrected chi connectivity index (χ1v) is 9.60. The number of nitrogens with zero attached hydrogens (tertiary/aromatic N) is 1. The normalized spacial score (nSPS) is 17.6. The van der Waals surface area contributed by atoms with E-state index in [1.807, 2.05) is 0 Å². The molecule has 0 aliphatic heterocycles. The molecule has 31 heavy (non-hydrogen) atoms. The molecule has 0 saturated heterocycles. The average Bonchev–Trinajstić information content (AvgIpc) is 2.68. The standard InChI is InChI=1S/C21H21F2NO7/c1-29-14-9-15(10-14)31-13-4-5-19(24(27)28)16(11-13)12-7-17(22)21(18(23)8-12)30-6-2-3-20(25)26/h4-5,7-8,11,14-15H,2-3,6,9-10H2,1H3,(H,25,26). The van der Waals surface area contributed by atoms with Gasteiger partial charge in [0.1, 0.15) is 11.9 Å². The van der Waals surface area contributed by atoms with Crippen molar-refractivity contribution in [3.63, 3.8) is 0 Å². The van der Waals surface area contributed by atoms with Crippen LogP contribution in [0.5, 0.6) is 11.5 Å². The van der Waals surface area contributed by atoms with Crippen molar-refractivity contribution in [1.29, 1.82) is 0 Å². The van der Waals surface area contributed by atoms with Gasteiger partial charge in [0, 0.05) is 32.4 Å². The third kappa shape index (κ3) is 5.46. The number of nitro groups is 1. The molecule has 1 aliphatic rings. The van der Waals surface area contributed by atoms with Crippen LogP contribution in [-0.4, -0.2) is 41.9 Å². The SMILES string of the molecule is COC1CC(Oc2ccc([N+](=O)[O-])c(-c3cc(F)c(OCCCC(=O)O)c(F)c3)c2)C1. The minimum absolute atomic E-state index is 0.000317. The maximum atomic E-state index is 14.5. The lowest BCUT2D eigenvalue weighted by Gasteiger charge is -2.34. The first-order chi connectivity index (χ1) is 14.8. The van der Waals surface area contributed by atoms with E-state index in [1.165, 1.54) is 18.2 Å². The number of nitro benzene ring substituents is 1. The zero-order valence-electron chi connectivity index (χ0n) is 16.7. The number of halogens is 2. The predicted molar refractivity (Wildman–Crippen MR) is 105 cm³/mol. The highest BCUT2D eigenvalue weighted by Gasteiger charge is 2.31. The molecule has 0 amide bonds. The first kappa shape index (κ1) is 22.4. The number of benzene rings is 2. The lowest BCUT2D eigenvalue weighted by molar-refractivity contribution is -0.384. The third-order valence-electron chi connectivity index (χ3n) is 4.94. The predicted octanol–water partition coefficient (Wildman–Crippen LogP) is 4.34. The Kier molecular flexibility index (Phi) is 7.01. The van der Waals surface area contributed by atoms with Gasteiger partial charge in [-0.2, -0.15) is 0 Å². The molecule has 0 bridgehead atoms. The molecule has 3 rings (SSSR count). The van der Waals surface area contributed by atoms with Crippen LogP contribution in [0.15, 0.2) is 30.3 Å². The van der Waals surface area contributed by atoms with Gasteiger partial charge in [0.15, 0.2) is 17.4 Å². The Morgan fingerprint density at radius 1 is 1.19 bits per heavy atom. The van der Waals surface area contributed by atoms with Crippen LogP contribution in [-0.2, 0) is 9.53 Å². The van der Waals surface area contributed by atoms with Gasteiger partial charge < -0.3 is 19.3 Å². The summed E-state index contributed by atoms with van der Waals surface area (Å²) in [4.78, 5) is 21.3. The van der Waals surface area contributed by atoms with Crippen LogP contribution in [0.1, 0.15) is 25.7 Å². The summed E-state index contributed by atoms with van der Waals surface area (Å²) >= 11 is 0. The third-order valence-corrected chi connectivity index (χ3v) is 4.94. The number of carbonyl (C=O) groups is 1. The molecule has 166 valence electrons. The molecule has 1 N–H and O–H groups in total. The van der Waals surface area contributed by atoms with Crippen molar-refractivity contribution < 1.29 is 37.8 Å². The molecule has 1 saturated carbocycles. The van der Waals surface area contributed by atoms with Crippen LogP contribution in [0.2, 0.25) is 0 Å². The molecule has 0 spiro atoms. The summed E-state index contributed by atoms with van der Waals surface area (Å²) in [6, 6.07) is 5.91. The second-order valence-corrected chi connectivity index (χ2v) is 7.12. The second-order valence-electron chi connectivity index (χ2n) is 7.12. The van der Waals surface area contributed by atoms with Crippen LogP contribution in [0.3, 0.4) is 0 Å². The zero-order valence-corrected chi connectivity index (χ0v) is 16.7. The van der Waals surface area contributed by atoms with Gasteiger partial charge in [-0.25, -0.2) is 8.78 Å². The summed E-state index contributed by atoms with van der Waals surface area (Å²) in [6.45, 7) is -0.188. The second kappa shape index (κ2) is 9.69. The Balaban J connectivity index is 1.83. The Morgan fingerprint density at radius 2 is 1.87 bits per heavy atom. The minimum atomic E-state index is -1.05. The highest BCUT2D eigenvalue weighted by Crippen LogP contribution is 2.38. The van der Waals surface area contributed by atoms with E-state index in [0.29, 0.717) is 18.6 Å². The first-order valence-electron chi connectivity index (χ1n) is 9.60. The molecule has 10 heteroatoms. The van der Waals surface area contributed by atoms with Crippen molar-refractivity contribution in [2.75, 3.05) is 13.7 Å². The smallest absolute Gasteiger partial charge is 0.303 e. The van der Waals surface area contributed by atoms with Crippen LogP contribution in [0.4, 0.5) is 14.5 Å². The summed E-state index contributed by atoms with van der Waals surface area (Å²) < 4.78 is 44.9. The number of aliphatic carboxylic acids is 1. The van der Waals surface area contributed by atoms with Gasteiger partial charge >= 0.3 is 5.97 Å². The highest BCUT2D eigenvalue weighted by molar-refractivity contribution is 5.75.